The third-order valence-electron chi connectivity index (χ3n) is 5.98. The molecule has 5 rings (SSSR count). The topological polar surface area (TPSA) is 84.6 Å². The van der Waals surface area contributed by atoms with Crippen molar-refractivity contribution in [1.82, 2.24) is 19.6 Å². The fourth-order valence-electron chi connectivity index (χ4n) is 4.24. The van der Waals surface area contributed by atoms with Crippen LogP contribution in [0.4, 0.5) is 5.95 Å². The van der Waals surface area contributed by atoms with E-state index in [4.69, 9.17) is 4.74 Å². The maximum atomic E-state index is 10.2. The highest BCUT2D eigenvalue weighted by Gasteiger charge is 2.29. The lowest BCUT2D eigenvalue weighted by Gasteiger charge is -2.33. The Hall–Kier alpha value is -3.19. The predicted molar refractivity (Wildman–Crippen MR) is 117 cm³/mol. The molecule has 0 amide bonds. The highest BCUT2D eigenvalue weighted by Crippen LogP contribution is 2.34. The molecule has 0 radical (unpaired) electrons. The van der Waals surface area contributed by atoms with Gasteiger partial charge in [0, 0.05) is 29.4 Å². The van der Waals surface area contributed by atoms with Crippen LogP contribution in [0, 0.1) is 0 Å². The van der Waals surface area contributed by atoms with Crippen molar-refractivity contribution in [2.75, 3.05) is 12.4 Å². The Morgan fingerprint density at radius 2 is 2.03 bits per heavy atom. The van der Waals surface area contributed by atoms with Gasteiger partial charge in [-0.3, -0.25) is 4.98 Å². The van der Waals surface area contributed by atoms with E-state index in [1.54, 1.807) is 13.3 Å². The van der Waals surface area contributed by atoms with E-state index in [0.29, 0.717) is 11.8 Å². The molecule has 2 N–H and O–H groups in total. The van der Waals surface area contributed by atoms with Crippen LogP contribution in [0.5, 0.6) is 5.88 Å². The Balaban J connectivity index is 1.49. The Bertz CT molecular complexity index is 1210. The van der Waals surface area contributed by atoms with Gasteiger partial charge in [0.25, 0.3) is 0 Å². The Kier molecular flexibility index (Phi) is 4.55. The van der Waals surface area contributed by atoms with Gasteiger partial charge in [0.05, 0.1) is 18.2 Å². The number of benzene rings is 1. The van der Waals surface area contributed by atoms with Gasteiger partial charge in [0.15, 0.2) is 0 Å². The number of methoxy groups -OCH3 is 1. The third-order valence-corrected chi connectivity index (χ3v) is 5.98. The highest BCUT2D eigenvalue weighted by molar-refractivity contribution is 5.90. The monoisotopic (exact) mass is 403 g/mol. The van der Waals surface area contributed by atoms with Gasteiger partial charge in [-0.15, -0.1) is 5.10 Å². The van der Waals surface area contributed by atoms with Gasteiger partial charge in [0.1, 0.15) is 5.52 Å². The first-order valence-electron chi connectivity index (χ1n) is 10.3. The highest BCUT2D eigenvalue weighted by atomic mass is 16.5. The van der Waals surface area contributed by atoms with Crippen molar-refractivity contribution in [1.29, 1.82) is 0 Å². The summed E-state index contributed by atoms with van der Waals surface area (Å²) < 4.78 is 7.45. The first-order chi connectivity index (χ1) is 14.5. The summed E-state index contributed by atoms with van der Waals surface area (Å²) in [5, 5.41) is 19.3. The van der Waals surface area contributed by atoms with Crippen LogP contribution in [-0.4, -0.2) is 43.4 Å². The van der Waals surface area contributed by atoms with E-state index >= 15 is 0 Å². The van der Waals surface area contributed by atoms with E-state index in [1.807, 2.05) is 35.8 Å². The van der Waals surface area contributed by atoms with Crippen LogP contribution in [0.3, 0.4) is 0 Å². The van der Waals surface area contributed by atoms with E-state index in [2.05, 4.69) is 38.6 Å². The molecule has 0 atom stereocenters. The maximum absolute atomic E-state index is 10.2. The second-order valence-corrected chi connectivity index (χ2v) is 8.29. The lowest BCUT2D eigenvalue weighted by Crippen LogP contribution is -2.36. The largest absolute Gasteiger partial charge is 0.479 e. The molecular formula is C23H25N5O2. The summed E-state index contributed by atoms with van der Waals surface area (Å²) in [5.74, 6) is 1.07. The van der Waals surface area contributed by atoms with E-state index in [-0.39, 0.29) is 6.04 Å². The quantitative estimate of drug-likeness (QED) is 0.535. The molecule has 7 heteroatoms. The van der Waals surface area contributed by atoms with Crippen molar-refractivity contribution in [2.24, 2.45) is 0 Å². The average molecular weight is 403 g/mol. The van der Waals surface area contributed by atoms with Crippen molar-refractivity contribution < 1.29 is 9.84 Å². The summed E-state index contributed by atoms with van der Waals surface area (Å²) in [6.45, 7) is 1.90. The standard InChI is InChI=1S/C23H25N5O2/c1-23(29)10-7-17(8-11-23)25-22-26-21(30-2)20-18(9-13-28(20)27-22)15-5-6-19-16(14-15)4-3-12-24-19/h3-6,9,12-14,17,29H,7-8,10-11H2,1-2H3,(H,25,27). The smallest absolute Gasteiger partial charge is 0.244 e. The molecule has 4 aromatic rings. The summed E-state index contributed by atoms with van der Waals surface area (Å²) >= 11 is 0. The van der Waals surface area contributed by atoms with Gasteiger partial charge in [0.2, 0.25) is 11.8 Å². The average Bonchev–Trinajstić information content (AvgIpc) is 3.18. The van der Waals surface area contributed by atoms with Crippen LogP contribution >= 0.6 is 0 Å². The summed E-state index contributed by atoms with van der Waals surface area (Å²) in [5.41, 5.74) is 3.31. The minimum atomic E-state index is -0.564. The zero-order valence-electron chi connectivity index (χ0n) is 17.2. The second-order valence-electron chi connectivity index (χ2n) is 8.29. The molecule has 1 fully saturated rings. The van der Waals surface area contributed by atoms with Crippen LogP contribution < -0.4 is 10.1 Å². The third kappa shape index (κ3) is 3.45. The Morgan fingerprint density at radius 1 is 1.20 bits per heavy atom. The molecule has 0 aliphatic heterocycles. The molecule has 154 valence electrons. The number of hydrogen-bond acceptors (Lipinski definition) is 6. The molecule has 1 aliphatic carbocycles. The molecule has 0 bridgehead atoms. The number of aliphatic hydroxyl groups is 1. The molecular weight excluding hydrogens is 378 g/mol. The van der Waals surface area contributed by atoms with Crippen molar-refractivity contribution >= 4 is 22.4 Å². The van der Waals surface area contributed by atoms with Crippen LogP contribution in [0.1, 0.15) is 32.6 Å². The van der Waals surface area contributed by atoms with Crippen molar-refractivity contribution in [3.05, 3.63) is 48.8 Å². The van der Waals surface area contributed by atoms with Crippen LogP contribution in [-0.2, 0) is 0 Å². The molecule has 1 aliphatic rings. The molecule has 1 saturated carbocycles. The molecule has 3 aromatic heterocycles. The molecule has 0 spiro atoms. The number of pyridine rings is 1. The first kappa shape index (κ1) is 18.8. The van der Waals surface area contributed by atoms with Gasteiger partial charge >= 0.3 is 0 Å². The fraction of sp³-hybridized carbons (Fsp3) is 0.348. The molecule has 1 aromatic carbocycles. The minimum Gasteiger partial charge on any atom is -0.479 e. The van der Waals surface area contributed by atoms with Crippen LogP contribution in [0.15, 0.2) is 48.8 Å². The molecule has 30 heavy (non-hydrogen) atoms. The SMILES string of the molecule is COc1nc(NC2CCC(C)(O)CC2)nn2ccc(-c3ccc4ncccc4c3)c12. The maximum Gasteiger partial charge on any atom is 0.244 e. The number of fused-ring (bicyclic) bond motifs is 2. The Morgan fingerprint density at radius 3 is 2.83 bits per heavy atom. The summed E-state index contributed by atoms with van der Waals surface area (Å²) in [4.78, 5) is 9.03. The molecule has 3 heterocycles. The number of rotatable bonds is 4. The zero-order chi connectivity index (χ0) is 20.7. The van der Waals surface area contributed by atoms with Crippen LogP contribution in [0.25, 0.3) is 27.5 Å². The van der Waals surface area contributed by atoms with E-state index in [0.717, 1.165) is 53.2 Å². The number of nitrogens with one attached hydrogen (secondary N) is 1. The zero-order valence-corrected chi connectivity index (χ0v) is 17.2. The normalized spacial score (nSPS) is 21.8. The summed E-state index contributed by atoms with van der Waals surface area (Å²) in [6.07, 6.45) is 7.05. The van der Waals surface area contributed by atoms with Gasteiger partial charge in [-0.2, -0.15) is 4.98 Å². The van der Waals surface area contributed by atoms with Gasteiger partial charge in [-0.25, -0.2) is 4.52 Å². The summed E-state index contributed by atoms with van der Waals surface area (Å²) in [6, 6.07) is 12.5. The molecule has 0 unspecified atom stereocenters. The minimum absolute atomic E-state index is 0.246. The van der Waals surface area contributed by atoms with E-state index in [9.17, 15) is 5.11 Å². The molecule has 0 saturated heterocycles. The number of anilines is 1. The first-order valence-corrected chi connectivity index (χ1v) is 10.3. The number of nitrogens with zero attached hydrogens (tertiary/aromatic N) is 4. The predicted octanol–water partition coefficient (Wildman–Crippen LogP) is 4.06. The van der Waals surface area contributed by atoms with Crippen molar-refractivity contribution in [3.8, 4) is 17.0 Å². The van der Waals surface area contributed by atoms with Gasteiger partial charge < -0.3 is 15.2 Å². The van der Waals surface area contributed by atoms with Crippen LogP contribution in [0.2, 0.25) is 0 Å². The van der Waals surface area contributed by atoms with Gasteiger partial charge in [-0.05, 0) is 62.4 Å². The fourth-order valence-corrected chi connectivity index (χ4v) is 4.24. The van der Waals surface area contributed by atoms with E-state index < -0.39 is 5.60 Å². The number of hydrogen-bond donors (Lipinski definition) is 2. The molecule has 7 nitrogen and oxygen atoms in total. The van der Waals surface area contributed by atoms with E-state index in [1.165, 1.54) is 0 Å². The second kappa shape index (κ2) is 7.25. The van der Waals surface area contributed by atoms with Crippen molar-refractivity contribution in [3.63, 3.8) is 0 Å². The lowest BCUT2D eigenvalue weighted by atomic mass is 9.84. The Labute approximate surface area is 174 Å². The summed E-state index contributed by atoms with van der Waals surface area (Å²) in [7, 11) is 1.63. The number of aromatic nitrogens is 4. The number of ether oxygens (including phenoxy) is 1. The van der Waals surface area contributed by atoms with Crippen molar-refractivity contribution in [2.45, 2.75) is 44.2 Å². The lowest BCUT2D eigenvalue weighted by molar-refractivity contribution is 0.0195. The van der Waals surface area contributed by atoms with Gasteiger partial charge in [-0.1, -0.05) is 12.1 Å².